The third-order valence-corrected chi connectivity index (χ3v) is 4.07. The lowest BCUT2D eigenvalue weighted by molar-refractivity contribution is 0.295. The van der Waals surface area contributed by atoms with Crippen molar-refractivity contribution in [2.24, 2.45) is 4.99 Å². The maximum absolute atomic E-state index is 4.30. The first-order chi connectivity index (χ1) is 10.6. The molecule has 0 amide bonds. The Hall–Kier alpha value is -0.820. The Morgan fingerprint density at radius 3 is 2.26 bits per heavy atom. The van der Waals surface area contributed by atoms with Gasteiger partial charge >= 0.3 is 0 Å². The minimum absolute atomic E-state index is 0. The molecule has 0 fully saturated rings. The van der Waals surface area contributed by atoms with E-state index in [1.807, 2.05) is 7.05 Å². The first-order valence-electron chi connectivity index (χ1n) is 8.40. The summed E-state index contributed by atoms with van der Waals surface area (Å²) in [6, 6.07) is 9.07. The van der Waals surface area contributed by atoms with Gasteiger partial charge in [-0.1, -0.05) is 45.0 Å². The third-order valence-electron chi connectivity index (χ3n) is 4.07. The number of guanidine groups is 1. The number of benzene rings is 1. The van der Waals surface area contributed by atoms with E-state index in [1.165, 1.54) is 11.1 Å². The molecule has 1 unspecified atom stereocenters. The summed E-state index contributed by atoms with van der Waals surface area (Å²) >= 11 is 0. The van der Waals surface area contributed by atoms with Gasteiger partial charge in [0.05, 0.1) is 0 Å². The minimum Gasteiger partial charge on any atom is -0.354 e. The van der Waals surface area contributed by atoms with Gasteiger partial charge in [0.25, 0.3) is 0 Å². The fourth-order valence-corrected chi connectivity index (χ4v) is 2.28. The molecule has 0 saturated carbocycles. The second-order valence-corrected chi connectivity index (χ2v) is 5.61. The third kappa shape index (κ3) is 8.01. The van der Waals surface area contributed by atoms with Crippen molar-refractivity contribution >= 4 is 29.9 Å². The van der Waals surface area contributed by atoms with E-state index in [0.717, 1.165) is 38.6 Å². The number of halogens is 1. The average molecular weight is 432 g/mol. The minimum atomic E-state index is 0. The van der Waals surface area contributed by atoms with Crippen LogP contribution < -0.4 is 10.6 Å². The fraction of sp³-hybridized carbons (Fsp3) is 0.611. The van der Waals surface area contributed by atoms with Crippen molar-refractivity contribution in [1.29, 1.82) is 0 Å². The largest absolute Gasteiger partial charge is 0.354 e. The molecular weight excluding hydrogens is 399 g/mol. The summed E-state index contributed by atoms with van der Waals surface area (Å²) in [6.07, 6.45) is 1.08. The van der Waals surface area contributed by atoms with E-state index in [0.29, 0.717) is 6.04 Å². The number of aliphatic imine (C=N–C) groups is 1. The number of hydrogen-bond donors (Lipinski definition) is 2. The Morgan fingerprint density at radius 1 is 1.13 bits per heavy atom. The van der Waals surface area contributed by atoms with Crippen molar-refractivity contribution in [3.8, 4) is 0 Å². The van der Waals surface area contributed by atoms with Gasteiger partial charge in [-0.25, -0.2) is 0 Å². The van der Waals surface area contributed by atoms with E-state index < -0.39 is 0 Å². The molecule has 0 radical (unpaired) electrons. The van der Waals surface area contributed by atoms with Crippen molar-refractivity contribution in [3.05, 3.63) is 35.4 Å². The first kappa shape index (κ1) is 22.2. The lowest BCUT2D eigenvalue weighted by atomic mass is 10.1. The van der Waals surface area contributed by atoms with Crippen LogP contribution in [0.4, 0.5) is 0 Å². The van der Waals surface area contributed by atoms with Crippen LogP contribution in [0.25, 0.3) is 0 Å². The van der Waals surface area contributed by atoms with Crippen LogP contribution in [0, 0.1) is 0 Å². The lowest BCUT2D eigenvalue weighted by Gasteiger charge is -2.21. The maximum atomic E-state index is 4.30. The molecule has 0 heterocycles. The fourth-order valence-electron chi connectivity index (χ4n) is 2.28. The highest BCUT2D eigenvalue weighted by Gasteiger charge is 2.07. The monoisotopic (exact) mass is 432 g/mol. The average Bonchev–Trinajstić information content (AvgIpc) is 2.56. The summed E-state index contributed by atoms with van der Waals surface area (Å²) < 4.78 is 0. The van der Waals surface area contributed by atoms with Gasteiger partial charge in [-0.15, -0.1) is 24.0 Å². The predicted molar refractivity (Wildman–Crippen MR) is 112 cm³/mol. The van der Waals surface area contributed by atoms with E-state index in [-0.39, 0.29) is 24.0 Å². The number of rotatable bonds is 8. The maximum Gasteiger partial charge on any atom is 0.191 e. The van der Waals surface area contributed by atoms with Crippen LogP contribution in [0.15, 0.2) is 29.3 Å². The molecule has 0 aliphatic carbocycles. The van der Waals surface area contributed by atoms with Gasteiger partial charge in [0.2, 0.25) is 0 Å². The van der Waals surface area contributed by atoms with Crippen molar-refractivity contribution < 1.29 is 0 Å². The standard InChI is InChI=1S/C18H32N4.HI/c1-6-15(4)21-18(19-5)20-13-16-11-9-10-12-17(16)14-22(7-2)8-3;/h9-12,15H,6-8,13-14H2,1-5H3,(H2,19,20,21);1H. The van der Waals surface area contributed by atoms with Crippen molar-refractivity contribution in [2.45, 2.75) is 53.2 Å². The van der Waals surface area contributed by atoms with Crippen molar-refractivity contribution in [3.63, 3.8) is 0 Å². The summed E-state index contributed by atoms with van der Waals surface area (Å²) in [6.45, 7) is 12.7. The second kappa shape index (κ2) is 12.6. The molecule has 1 rings (SSSR count). The zero-order valence-corrected chi connectivity index (χ0v) is 17.6. The summed E-state index contributed by atoms with van der Waals surface area (Å²) in [5.74, 6) is 0.868. The Bertz CT molecular complexity index is 458. The molecule has 0 bridgehead atoms. The van der Waals surface area contributed by atoms with Crippen LogP contribution in [-0.2, 0) is 13.1 Å². The molecule has 1 atom stereocenters. The van der Waals surface area contributed by atoms with Gasteiger partial charge in [-0.05, 0) is 37.6 Å². The van der Waals surface area contributed by atoms with Gasteiger partial charge in [-0.2, -0.15) is 0 Å². The molecule has 1 aromatic rings. The van der Waals surface area contributed by atoms with Gasteiger partial charge < -0.3 is 10.6 Å². The van der Waals surface area contributed by atoms with Crippen LogP contribution in [-0.4, -0.2) is 37.0 Å². The highest BCUT2D eigenvalue weighted by molar-refractivity contribution is 14.0. The molecule has 5 heteroatoms. The summed E-state index contributed by atoms with van der Waals surface area (Å²) in [5.41, 5.74) is 2.72. The zero-order chi connectivity index (χ0) is 16.4. The predicted octanol–water partition coefficient (Wildman–Crippen LogP) is 3.61. The molecule has 0 aliphatic rings. The summed E-state index contributed by atoms with van der Waals surface area (Å²) in [7, 11) is 1.82. The van der Waals surface area contributed by atoms with E-state index in [1.54, 1.807) is 0 Å². The van der Waals surface area contributed by atoms with Crippen LogP contribution in [0.2, 0.25) is 0 Å². The highest BCUT2D eigenvalue weighted by atomic mass is 127. The molecule has 0 saturated heterocycles. The van der Waals surface area contributed by atoms with Gasteiger partial charge in [0.1, 0.15) is 0 Å². The molecule has 0 aromatic heterocycles. The van der Waals surface area contributed by atoms with Gasteiger partial charge in [0.15, 0.2) is 5.96 Å². The van der Waals surface area contributed by atoms with Crippen molar-refractivity contribution in [2.75, 3.05) is 20.1 Å². The summed E-state index contributed by atoms with van der Waals surface area (Å²) in [4.78, 5) is 6.73. The van der Waals surface area contributed by atoms with E-state index in [4.69, 9.17) is 0 Å². The Morgan fingerprint density at radius 2 is 1.74 bits per heavy atom. The molecular formula is C18H33IN4. The molecule has 132 valence electrons. The van der Waals surface area contributed by atoms with E-state index >= 15 is 0 Å². The molecule has 0 spiro atoms. The molecule has 4 nitrogen and oxygen atoms in total. The Balaban J connectivity index is 0.00000484. The molecule has 23 heavy (non-hydrogen) atoms. The van der Waals surface area contributed by atoms with Crippen molar-refractivity contribution in [1.82, 2.24) is 15.5 Å². The van der Waals surface area contributed by atoms with Crippen LogP contribution in [0.3, 0.4) is 0 Å². The second-order valence-electron chi connectivity index (χ2n) is 5.61. The SMILES string of the molecule is CCC(C)NC(=NC)NCc1ccccc1CN(CC)CC.I. The quantitative estimate of drug-likeness (QED) is 0.375. The van der Waals surface area contributed by atoms with Crippen LogP contribution in [0.5, 0.6) is 0 Å². The van der Waals surface area contributed by atoms with Crippen LogP contribution in [0.1, 0.15) is 45.2 Å². The molecule has 1 aromatic carbocycles. The lowest BCUT2D eigenvalue weighted by Crippen LogP contribution is -2.41. The zero-order valence-electron chi connectivity index (χ0n) is 15.2. The Kier molecular flexibility index (Phi) is 12.1. The Labute approximate surface area is 159 Å². The van der Waals surface area contributed by atoms with Gasteiger partial charge in [0, 0.05) is 26.2 Å². The number of nitrogens with zero attached hydrogens (tertiary/aromatic N) is 2. The van der Waals surface area contributed by atoms with Gasteiger partial charge in [-0.3, -0.25) is 9.89 Å². The van der Waals surface area contributed by atoms with Crippen LogP contribution >= 0.6 is 24.0 Å². The van der Waals surface area contributed by atoms with E-state index in [9.17, 15) is 0 Å². The molecule has 0 aliphatic heterocycles. The normalized spacial score (nSPS) is 12.7. The molecule has 2 N–H and O–H groups in total. The number of nitrogens with one attached hydrogen (secondary N) is 2. The smallest absolute Gasteiger partial charge is 0.191 e. The van der Waals surface area contributed by atoms with E-state index in [2.05, 4.69) is 72.5 Å². The first-order valence-corrected chi connectivity index (χ1v) is 8.40. The highest BCUT2D eigenvalue weighted by Crippen LogP contribution is 2.11. The number of hydrogen-bond acceptors (Lipinski definition) is 2. The summed E-state index contributed by atoms with van der Waals surface area (Å²) in [5, 5.41) is 6.82. The topological polar surface area (TPSA) is 39.7 Å².